The summed E-state index contributed by atoms with van der Waals surface area (Å²) in [6, 6.07) is 0. The van der Waals surface area contributed by atoms with E-state index in [9.17, 15) is 9.59 Å². The smallest absolute Gasteiger partial charge is 0.307 e. The van der Waals surface area contributed by atoms with Crippen LogP contribution in [0.5, 0.6) is 0 Å². The zero-order valence-corrected chi connectivity index (χ0v) is 15.0. The molecule has 1 aliphatic rings. The van der Waals surface area contributed by atoms with Crippen LogP contribution in [0.2, 0.25) is 0 Å². The second kappa shape index (κ2) is 8.31. The summed E-state index contributed by atoms with van der Waals surface area (Å²) < 4.78 is 7.39. The predicted octanol–water partition coefficient (Wildman–Crippen LogP) is 2.63. The van der Waals surface area contributed by atoms with E-state index in [1.54, 1.807) is 6.20 Å². The van der Waals surface area contributed by atoms with Gasteiger partial charge in [-0.15, -0.1) is 0 Å². The number of unbranched alkanes of at least 4 members (excludes halogenated alkanes) is 1. The third kappa shape index (κ3) is 5.98. The van der Waals surface area contributed by atoms with E-state index in [1.165, 1.54) is 0 Å². The highest BCUT2D eigenvalue weighted by atomic mass is 16.6. The van der Waals surface area contributed by atoms with Crippen molar-refractivity contribution in [3.63, 3.8) is 0 Å². The van der Waals surface area contributed by atoms with Crippen molar-refractivity contribution in [2.45, 2.75) is 65.0 Å². The van der Waals surface area contributed by atoms with Crippen LogP contribution >= 0.6 is 0 Å². The molecule has 1 saturated heterocycles. The maximum absolute atomic E-state index is 12.6. The monoisotopic (exact) mass is 335 g/mol. The van der Waals surface area contributed by atoms with Gasteiger partial charge in [-0.05, 0) is 46.5 Å². The number of piperidine rings is 1. The van der Waals surface area contributed by atoms with Crippen molar-refractivity contribution < 1.29 is 14.3 Å². The Bertz CT molecular complexity index is 534. The van der Waals surface area contributed by atoms with Crippen molar-refractivity contribution in [1.82, 2.24) is 14.5 Å². The fourth-order valence-corrected chi connectivity index (χ4v) is 3.03. The second-order valence-corrected chi connectivity index (χ2v) is 7.46. The number of ether oxygens (including phenoxy) is 1. The number of rotatable bonds is 7. The molecule has 1 fully saturated rings. The molecule has 6 heteroatoms. The number of carbonyl (C=O) groups is 2. The highest BCUT2D eigenvalue weighted by Gasteiger charge is 2.31. The Balaban J connectivity index is 1.74. The quantitative estimate of drug-likeness (QED) is 0.567. The molecule has 0 radical (unpaired) electrons. The van der Waals surface area contributed by atoms with Crippen molar-refractivity contribution in [3.05, 3.63) is 18.7 Å². The van der Waals surface area contributed by atoms with E-state index in [1.807, 2.05) is 42.8 Å². The highest BCUT2D eigenvalue weighted by molar-refractivity contribution is 5.84. The molecule has 6 nitrogen and oxygen atoms in total. The van der Waals surface area contributed by atoms with Gasteiger partial charge in [0.1, 0.15) is 5.60 Å². The third-order valence-corrected chi connectivity index (χ3v) is 4.13. The van der Waals surface area contributed by atoms with Crippen LogP contribution in [0, 0.1) is 5.92 Å². The summed E-state index contributed by atoms with van der Waals surface area (Å²) in [4.78, 5) is 30.5. The van der Waals surface area contributed by atoms with Gasteiger partial charge in [0.05, 0.1) is 12.7 Å². The average molecular weight is 335 g/mol. The van der Waals surface area contributed by atoms with Crippen LogP contribution in [0.25, 0.3) is 0 Å². The van der Waals surface area contributed by atoms with E-state index in [-0.39, 0.29) is 24.2 Å². The maximum atomic E-state index is 12.6. The van der Waals surface area contributed by atoms with Crippen molar-refractivity contribution in [2.75, 3.05) is 13.1 Å². The van der Waals surface area contributed by atoms with Gasteiger partial charge in [-0.2, -0.15) is 0 Å². The molecule has 0 saturated carbocycles. The fraction of sp³-hybridized carbons (Fsp3) is 0.722. The Morgan fingerprint density at radius 1 is 1.33 bits per heavy atom. The van der Waals surface area contributed by atoms with Crippen LogP contribution < -0.4 is 0 Å². The lowest BCUT2D eigenvalue weighted by Crippen LogP contribution is -2.42. The maximum Gasteiger partial charge on any atom is 0.307 e. The van der Waals surface area contributed by atoms with E-state index < -0.39 is 5.60 Å². The highest BCUT2D eigenvalue weighted by Crippen LogP contribution is 2.23. The lowest BCUT2D eigenvalue weighted by Gasteiger charge is -2.32. The number of amides is 1. The van der Waals surface area contributed by atoms with E-state index in [4.69, 9.17) is 4.74 Å². The molecule has 1 aromatic rings. The topological polar surface area (TPSA) is 64.4 Å². The Labute approximate surface area is 144 Å². The Morgan fingerprint density at radius 3 is 2.75 bits per heavy atom. The number of aromatic nitrogens is 2. The molecule has 1 atom stereocenters. The summed E-state index contributed by atoms with van der Waals surface area (Å²) in [6.07, 6.45) is 9.44. The van der Waals surface area contributed by atoms with Gasteiger partial charge in [0, 0.05) is 37.9 Å². The second-order valence-electron chi connectivity index (χ2n) is 7.46. The van der Waals surface area contributed by atoms with Crippen LogP contribution in [-0.2, 0) is 20.9 Å². The van der Waals surface area contributed by atoms with Crippen LogP contribution in [0.3, 0.4) is 0 Å². The zero-order valence-electron chi connectivity index (χ0n) is 15.0. The van der Waals surface area contributed by atoms with Gasteiger partial charge in [0.2, 0.25) is 5.91 Å². The van der Waals surface area contributed by atoms with Gasteiger partial charge in [0.15, 0.2) is 0 Å². The van der Waals surface area contributed by atoms with E-state index >= 15 is 0 Å². The van der Waals surface area contributed by atoms with Crippen molar-refractivity contribution in [1.29, 1.82) is 0 Å². The van der Waals surface area contributed by atoms with Crippen molar-refractivity contribution >= 4 is 11.9 Å². The van der Waals surface area contributed by atoms with E-state index in [0.717, 1.165) is 45.3 Å². The molecule has 134 valence electrons. The number of hydrogen-bond acceptors (Lipinski definition) is 4. The molecule has 0 N–H and O–H groups in total. The van der Waals surface area contributed by atoms with E-state index in [0.29, 0.717) is 0 Å². The molecule has 0 aliphatic carbocycles. The first kappa shape index (κ1) is 18.5. The van der Waals surface area contributed by atoms with Crippen LogP contribution in [0.4, 0.5) is 0 Å². The zero-order chi connectivity index (χ0) is 17.6. The minimum absolute atomic E-state index is 0.106. The molecule has 2 heterocycles. The first-order valence-corrected chi connectivity index (χ1v) is 8.81. The van der Waals surface area contributed by atoms with Gasteiger partial charge >= 0.3 is 5.97 Å². The molecular formula is C18H29N3O3. The average Bonchev–Trinajstić information content (AvgIpc) is 2.98. The Kier molecular flexibility index (Phi) is 6.40. The summed E-state index contributed by atoms with van der Waals surface area (Å²) in [6.45, 7) is 8.02. The molecule has 1 unspecified atom stereocenters. The standard InChI is InChI=1S/C18H29N3O3/c1-18(2,3)24-16(22)13-15-7-6-11-21(17(15)23)10-5-4-9-20-12-8-19-14-20/h8,12,14-15H,4-7,9-11,13H2,1-3H3. The van der Waals surface area contributed by atoms with Crippen LogP contribution in [-0.4, -0.2) is 45.0 Å². The van der Waals surface area contributed by atoms with Gasteiger partial charge in [-0.3, -0.25) is 9.59 Å². The molecule has 0 aromatic carbocycles. The summed E-state index contributed by atoms with van der Waals surface area (Å²) in [5, 5.41) is 0. The van der Waals surface area contributed by atoms with Gasteiger partial charge in [-0.1, -0.05) is 0 Å². The lowest BCUT2D eigenvalue weighted by molar-refractivity contribution is -0.159. The minimum Gasteiger partial charge on any atom is -0.460 e. The molecule has 0 spiro atoms. The molecule has 1 aromatic heterocycles. The van der Waals surface area contributed by atoms with Crippen molar-refractivity contribution in [2.24, 2.45) is 5.92 Å². The Morgan fingerprint density at radius 2 is 2.08 bits per heavy atom. The van der Waals surface area contributed by atoms with Crippen LogP contribution in [0.1, 0.15) is 52.9 Å². The number of hydrogen-bond donors (Lipinski definition) is 0. The summed E-state index contributed by atoms with van der Waals surface area (Å²) in [7, 11) is 0. The van der Waals surface area contributed by atoms with E-state index in [2.05, 4.69) is 4.98 Å². The normalized spacial score (nSPS) is 18.7. The summed E-state index contributed by atoms with van der Waals surface area (Å²) >= 11 is 0. The van der Waals surface area contributed by atoms with Gasteiger partial charge in [-0.25, -0.2) is 4.98 Å². The predicted molar refractivity (Wildman–Crippen MR) is 91.2 cm³/mol. The van der Waals surface area contributed by atoms with Gasteiger partial charge in [0.25, 0.3) is 0 Å². The summed E-state index contributed by atoms with van der Waals surface area (Å²) in [5.74, 6) is -0.389. The molecule has 2 rings (SSSR count). The molecule has 1 amide bonds. The first-order valence-electron chi connectivity index (χ1n) is 8.81. The number of aryl methyl sites for hydroxylation is 1. The third-order valence-electron chi connectivity index (χ3n) is 4.13. The number of imidazole rings is 1. The van der Waals surface area contributed by atoms with Crippen molar-refractivity contribution in [3.8, 4) is 0 Å². The number of likely N-dealkylation sites (tertiary alicyclic amines) is 1. The number of nitrogens with zero attached hydrogens (tertiary/aromatic N) is 3. The largest absolute Gasteiger partial charge is 0.460 e. The SMILES string of the molecule is CC(C)(C)OC(=O)CC1CCCN(CCCCn2ccnc2)C1=O. The van der Waals surface area contributed by atoms with Gasteiger partial charge < -0.3 is 14.2 Å². The molecule has 24 heavy (non-hydrogen) atoms. The number of carbonyl (C=O) groups excluding carboxylic acids is 2. The minimum atomic E-state index is -0.498. The number of esters is 1. The summed E-state index contributed by atoms with van der Waals surface area (Å²) in [5.41, 5.74) is -0.498. The fourth-order valence-electron chi connectivity index (χ4n) is 3.03. The lowest BCUT2D eigenvalue weighted by atomic mass is 9.93. The molecular weight excluding hydrogens is 306 g/mol. The first-order chi connectivity index (χ1) is 11.3. The molecule has 0 bridgehead atoms. The molecule has 1 aliphatic heterocycles. The van der Waals surface area contributed by atoms with Crippen LogP contribution in [0.15, 0.2) is 18.7 Å². The Hall–Kier alpha value is -1.85.